The molecule has 0 aliphatic heterocycles. The number of aryl methyl sites for hydroxylation is 2. The van der Waals surface area contributed by atoms with E-state index < -0.39 is 0 Å². The van der Waals surface area contributed by atoms with Crippen LogP contribution in [0.5, 0.6) is 0 Å². The average molecular weight is 242 g/mol. The molecule has 0 atom stereocenters. The molecule has 0 bridgehead atoms. The van der Waals surface area contributed by atoms with E-state index in [-0.39, 0.29) is 0 Å². The molecule has 0 unspecified atom stereocenters. The van der Waals surface area contributed by atoms with Gasteiger partial charge in [0.1, 0.15) is 11.6 Å². The number of rotatable bonds is 2. The molecule has 0 saturated carbocycles. The molecular weight excluding hydrogens is 224 g/mol. The van der Waals surface area contributed by atoms with Gasteiger partial charge >= 0.3 is 0 Å². The maximum Gasteiger partial charge on any atom is 0.130 e. The van der Waals surface area contributed by atoms with E-state index in [1.54, 1.807) is 0 Å². The van der Waals surface area contributed by atoms with Gasteiger partial charge in [0.2, 0.25) is 0 Å². The van der Waals surface area contributed by atoms with E-state index in [0.29, 0.717) is 5.92 Å². The van der Waals surface area contributed by atoms with Gasteiger partial charge in [-0.15, -0.1) is 0 Å². The van der Waals surface area contributed by atoms with Crippen LogP contribution >= 0.6 is 0 Å². The van der Waals surface area contributed by atoms with Crippen molar-refractivity contribution in [3.05, 3.63) is 35.3 Å². The van der Waals surface area contributed by atoms with Crippen molar-refractivity contribution in [3.8, 4) is 11.3 Å². The second-order valence-electron chi connectivity index (χ2n) is 4.81. The summed E-state index contributed by atoms with van der Waals surface area (Å²) in [5.74, 6) is 1.98. The first kappa shape index (κ1) is 12.6. The molecule has 0 fully saturated rings. The number of hydrogen-bond donors (Lipinski definition) is 0. The van der Waals surface area contributed by atoms with Crippen molar-refractivity contribution in [2.75, 3.05) is 0 Å². The molecule has 0 N–H and O–H groups in total. The van der Waals surface area contributed by atoms with Crippen LogP contribution in [0, 0.1) is 20.8 Å². The highest BCUT2D eigenvalue weighted by Crippen LogP contribution is 2.22. The Hall–Kier alpha value is -1.84. The highest BCUT2D eigenvalue weighted by atomic mass is 14.9. The fourth-order valence-electron chi connectivity index (χ4n) is 1.81. The van der Waals surface area contributed by atoms with Crippen molar-refractivity contribution in [2.45, 2.75) is 40.5 Å². The summed E-state index contributed by atoms with van der Waals surface area (Å²) in [4.78, 5) is 17.6. The Labute approximate surface area is 108 Å². The van der Waals surface area contributed by atoms with Gasteiger partial charge in [-0.25, -0.2) is 19.9 Å². The third kappa shape index (κ3) is 2.37. The lowest BCUT2D eigenvalue weighted by atomic mass is 10.1. The molecule has 0 aliphatic rings. The Morgan fingerprint density at radius 1 is 0.944 bits per heavy atom. The molecule has 4 nitrogen and oxygen atoms in total. The van der Waals surface area contributed by atoms with Gasteiger partial charge < -0.3 is 0 Å². The summed E-state index contributed by atoms with van der Waals surface area (Å²) in [6.45, 7) is 10.1. The minimum Gasteiger partial charge on any atom is -0.240 e. The normalized spacial score (nSPS) is 11.0. The van der Waals surface area contributed by atoms with Crippen molar-refractivity contribution in [2.24, 2.45) is 0 Å². The quantitative estimate of drug-likeness (QED) is 0.812. The number of hydrogen-bond acceptors (Lipinski definition) is 4. The summed E-state index contributed by atoms with van der Waals surface area (Å²) in [7, 11) is 0. The third-order valence-corrected chi connectivity index (χ3v) is 2.96. The Balaban J connectivity index is 2.49. The van der Waals surface area contributed by atoms with Crippen LogP contribution in [0.2, 0.25) is 0 Å². The third-order valence-electron chi connectivity index (χ3n) is 2.96. The van der Waals surface area contributed by atoms with Gasteiger partial charge in [0.25, 0.3) is 0 Å². The van der Waals surface area contributed by atoms with E-state index in [1.807, 2.05) is 33.2 Å². The molecule has 0 saturated heterocycles. The van der Waals surface area contributed by atoms with Gasteiger partial charge in [-0.1, -0.05) is 13.8 Å². The van der Waals surface area contributed by atoms with E-state index in [0.717, 1.165) is 34.2 Å². The van der Waals surface area contributed by atoms with Gasteiger partial charge in [0, 0.05) is 29.6 Å². The Bertz CT molecular complexity index is 559. The molecule has 0 amide bonds. The van der Waals surface area contributed by atoms with Crippen LogP contribution in [0.3, 0.4) is 0 Å². The molecule has 0 spiro atoms. The first-order valence-electron chi connectivity index (χ1n) is 6.13. The molecule has 18 heavy (non-hydrogen) atoms. The zero-order valence-electron chi connectivity index (χ0n) is 11.5. The molecule has 94 valence electrons. The van der Waals surface area contributed by atoms with E-state index in [1.165, 1.54) is 0 Å². The smallest absolute Gasteiger partial charge is 0.130 e. The molecular formula is C14H18N4. The zero-order chi connectivity index (χ0) is 13.3. The van der Waals surface area contributed by atoms with Crippen LogP contribution in [0.25, 0.3) is 11.3 Å². The first-order valence-corrected chi connectivity index (χ1v) is 6.13. The van der Waals surface area contributed by atoms with Crippen LogP contribution in [0.15, 0.2) is 12.4 Å². The average Bonchev–Trinajstić information content (AvgIpc) is 2.34. The molecule has 0 aliphatic carbocycles. The lowest BCUT2D eigenvalue weighted by Gasteiger charge is -2.09. The Morgan fingerprint density at radius 2 is 1.56 bits per heavy atom. The lowest BCUT2D eigenvalue weighted by Crippen LogP contribution is -2.01. The van der Waals surface area contributed by atoms with Gasteiger partial charge in [-0.3, -0.25) is 0 Å². The van der Waals surface area contributed by atoms with Gasteiger partial charge in [-0.2, -0.15) is 0 Å². The summed E-state index contributed by atoms with van der Waals surface area (Å²) in [5, 5.41) is 0. The topological polar surface area (TPSA) is 51.6 Å². The molecule has 2 heterocycles. The summed E-state index contributed by atoms with van der Waals surface area (Å²) >= 11 is 0. The van der Waals surface area contributed by atoms with E-state index in [2.05, 4.69) is 33.8 Å². The predicted molar refractivity (Wildman–Crippen MR) is 71.4 cm³/mol. The van der Waals surface area contributed by atoms with Crippen LogP contribution in [-0.2, 0) is 0 Å². The molecule has 2 aromatic rings. The molecule has 0 aromatic carbocycles. The SMILES string of the molecule is Cc1nc(C)c(C)c(-c2cnc(C(C)C)nc2)n1. The van der Waals surface area contributed by atoms with Gasteiger partial charge in [0.05, 0.1) is 5.69 Å². The highest BCUT2D eigenvalue weighted by molar-refractivity contribution is 5.61. The minimum atomic E-state index is 0.342. The monoisotopic (exact) mass is 242 g/mol. The number of nitrogens with zero attached hydrogens (tertiary/aromatic N) is 4. The maximum atomic E-state index is 4.49. The van der Waals surface area contributed by atoms with Crippen LogP contribution in [0.1, 0.15) is 42.7 Å². The van der Waals surface area contributed by atoms with Crippen LogP contribution in [-0.4, -0.2) is 19.9 Å². The van der Waals surface area contributed by atoms with Crippen molar-refractivity contribution in [1.82, 2.24) is 19.9 Å². The minimum absolute atomic E-state index is 0.342. The van der Waals surface area contributed by atoms with Crippen molar-refractivity contribution < 1.29 is 0 Å². The van der Waals surface area contributed by atoms with E-state index in [9.17, 15) is 0 Å². The summed E-state index contributed by atoms with van der Waals surface area (Å²) in [6.07, 6.45) is 3.69. The highest BCUT2D eigenvalue weighted by Gasteiger charge is 2.10. The van der Waals surface area contributed by atoms with Crippen LogP contribution < -0.4 is 0 Å². The molecule has 2 aromatic heterocycles. The Kier molecular flexibility index (Phi) is 3.36. The Morgan fingerprint density at radius 3 is 2.11 bits per heavy atom. The summed E-state index contributed by atoms with van der Waals surface area (Å²) in [5.41, 5.74) is 3.97. The maximum absolute atomic E-state index is 4.49. The molecule has 2 rings (SSSR count). The van der Waals surface area contributed by atoms with Gasteiger partial charge in [-0.05, 0) is 26.3 Å². The van der Waals surface area contributed by atoms with Crippen molar-refractivity contribution >= 4 is 0 Å². The molecule has 0 radical (unpaired) electrons. The summed E-state index contributed by atoms with van der Waals surface area (Å²) < 4.78 is 0. The largest absolute Gasteiger partial charge is 0.240 e. The van der Waals surface area contributed by atoms with Crippen molar-refractivity contribution in [3.63, 3.8) is 0 Å². The van der Waals surface area contributed by atoms with Crippen LogP contribution in [0.4, 0.5) is 0 Å². The fourth-order valence-corrected chi connectivity index (χ4v) is 1.81. The van der Waals surface area contributed by atoms with E-state index >= 15 is 0 Å². The standard InChI is InChI=1S/C14H18N4/c1-8(2)14-15-6-12(7-16-14)13-9(3)10(4)17-11(5)18-13/h6-8H,1-5H3. The lowest BCUT2D eigenvalue weighted by molar-refractivity contribution is 0.774. The predicted octanol–water partition coefficient (Wildman–Crippen LogP) is 2.98. The second kappa shape index (κ2) is 4.80. The van der Waals surface area contributed by atoms with Crippen molar-refractivity contribution in [1.29, 1.82) is 0 Å². The number of aromatic nitrogens is 4. The first-order chi connectivity index (χ1) is 8.49. The molecule has 4 heteroatoms. The fraction of sp³-hybridized carbons (Fsp3) is 0.429. The summed E-state index contributed by atoms with van der Waals surface area (Å²) in [6, 6.07) is 0. The van der Waals surface area contributed by atoms with Gasteiger partial charge in [0.15, 0.2) is 0 Å². The second-order valence-corrected chi connectivity index (χ2v) is 4.81. The van der Waals surface area contributed by atoms with E-state index in [4.69, 9.17) is 0 Å². The zero-order valence-corrected chi connectivity index (χ0v) is 11.5.